The van der Waals surface area contributed by atoms with Gasteiger partial charge < -0.3 is 10.2 Å². The number of aromatic nitrogens is 3. The number of carbonyl (C=O) groups is 1. The van der Waals surface area contributed by atoms with Gasteiger partial charge in [-0.3, -0.25) is 10.3 Å². The van der Waals surface area contributed by atoms with Gasteiger partial charge in [0.25, 0.3) is 0 Å². The van der Waals surface area contributed by atoms with E-state index in [1.165, 1.54) is 16.9 Å². The summed E-state index contributed by atoms with van der Waals surface area (Å²) in [6.45, 7) is 2.48. The predicted molar refractivity (Wildman–Crippen MR) is 117 cm³/mol. The third-order valence-corrected chi connectivity index (χ3v) is 5.31. The largest absolute Gasteiger partial charge is 0.334 e. The van der Waals surface area contributed by atoms with Gasteiger partial charge in [-0.25, -0.2) is 14.8 Å². The third kappa shape index (κ3) is 4.49. The molecule has 2 N–H and O–H groups in total. The van der Waals surface area contributed by atoms with Crippen LogP contribution in [0.5, 0.6) is 0 Å². The Morgan fingerprint density at radius 1 is 1.03 bits per heavy atom. The lowest BCUT2D eigenvalue weighted by atomic mass is 10.2. The number of aryl methyl sites for hydroxylation is 1. The average Bonchev–Trinajstić information content (AvgIpc) is 3.14. The van der Waals surface area contributed by atoms with Gasteiger partial charge in [0.1, 0.15) is 16.2 Å². The van der Waals surface area contributed by atoms with Gasteiger partial charge in [-0.2, -0.15) is 0 Å². The highest BCUT2D eigenvalue weighted by Gasteiger charge is 2.11. The summed E-state index contributed by atoms with van der Waals surface area (Å²) in [5.41, 5.74) is 4.00. The van der Waals surface area contributed by atoms with Crippen molar-refractivity contribution in [3.05, 3.63) is 72.1 Å². The number of rotatable bonds is 5. The average molecular weight is 404 g/mol. The molecule has 3 aromatic heterocycles. The number of carbonyl (C=O) groups excluding carboxylic acids is 1. The Kier molecular flexibility index (Phi) is 5.35. The minimum Gasteiger partial charge on any atom is -0.334 e. The van der Waals surface area contributed by atoms with Crippen molar-refractivity contribution in [1.29, 1.82) is 0 Å². The van der Waals surface area contributed by atoms with Gasteiger partial charge in [-0.05, 0) is 48.9 Å². The molecule has 0 bridgehead atoms. The summed E-state index contributed by atoms with van der Waals surface area (Å²) in [7, 11) is 1.98. The zero-order valence-electron chi connectivity index (χ0n) is 16.1. The normalized spacial score (nSPS) is 10.7. The molecule has 0 fully saturated rings. The second kappa shape index (κ2) is 8.24. The van der Waals surface area contributed by atoms with E-state index in [0.717, 1.165) is 27.4 Å². The van der Waals surface area contributed by atoms with Crippen LogP contribution in [0.3, 0.4) is 0 Å². The molecule has 4 rings (SSSR count). The molecule has 0 aliphatic rings. The lowest BCUT2D eigenvalue weighted by Gasteiger charge is -2.18. The van der Waals surface area contributed by atoms with E-state index in [1.54, 1.807) is 12.4 Å². The van der Waals surface area contributed by atoms with Crippen molar-refractivity contribution in [3.63, 3.8) is 0 Å². The van der Waals surface area contributed by atoms with E-state index in [1.807, 2.05) is 36.2 Å². The Hall–Kier alpha value is -3.52. The van der Waals surface area contributed by atoms with Crippen molar-refractivity contribution in [2.45, 2.75) is 13.5 Å². The summed E-state index contributed by atoms with van der Waals surface area (Å²) in [4.78, 5) is 28.0. The highest BCUT2D eigenvalue weighted by molar-refractivity contribution is 7.22. The van der Waals surface area contributed by atoms with Gasteiger partial charge >= 0.3 is 6.03 Å². The Bertz CT molecular complexity index is 1130. The van der Waals surface area contributed by atoms with Crippen molar-refractivity contribution < 1.29 is 4.79 Å². The summed E-state index contributed by atoms with van der Waals surface area (Å²) < 4.78 is 0. The van der Waals surface area contributed by atoms with Crippen LogP contribution in [0.25, 0.3) is 10.3 Å². The summed E-state index contributed by atoms with van der Waals surface area (Å²) in [5, 5.41) is 6.09. The van der Waals surface area contributed by atoms with Crippen LogP contribution in [0.2, 0.25) is 0 Å². The number of urea groups is 1. The standard InChI is InChI=1S/C21H20N6OS/c1-14-3-5-16(6-4-14)27(2)18-8-7-17-19(25-18)29-21(24-17)26-20(28)23-13-15-9-11-22-12-10-15/h3-12H,13H2,1-2H3,(H2,23,24,26,28). The highest BCUT2D eigenvalue weighted by atomic mass is 32.1. The number of anilines is 3. The minimum atomic E-state index is -0.308. The maximum absolute atomic E-state index is 12.2. The Morgan fingerprint density at radius 3 is 2.55 bits per heavy atom. The van der Waals surface area contributed by atoms with E-state index < -0.39 is 0 Å². The third-order valence-electron chi connectivity index (χ3n) is 4.43. The van der Waals surface area contributed by atoms with E-state index in [9.17, 15) is 4.79 Å². The van der Waals surface area contributed by atoms with Gasteiger partial charge in [-0.1, -0.05) is 29.0 Å². The Labute approximate surface area is 172 Å². The monoisotopic (exact) mass is 404 g/mol. The molecular formula is C21H20N6OS. The number of amides is 2. The van der Waals surface area contributed by atoms with Crippen molar-refractivity contribution in [3.8, 4) is 0 Å². The molecule has 0 saturated heterocycles. The number of pyridine rings is 2. The van der Waals surface area contributed by atoms with E-state index in [2.05, 4.69) is 51.8 Å². The van der Waals surface area contributed by atoms with E-state index in [0.29, 0.717) is 11.7 Å². The topological polar surface area (TPSA) is 83.0 Å². The van der Waals surface area contributed by atoms with Crippen LogP contribution in [0, 0.1) is 6.92 Å². The van der Waals surface area contributed by atoms with Crippen molar-refractivity contribution in [1.82, 2.24) is 20.3 Å². The van der Waals surface area contributed by atoms with Crippen LogP contribution in [-0.4, -0.2) is 28.0 Å². The van der Waals surface area contributed by atoms with Crippen LogP contribution < -0.4 is 15.5 Å². The lowest BCUT2D eigenvalue weighted by Crippen LogP contribution is -2.28. The van der Waals surface area contributed by atoms with Crippen molar-refractivity contribution in [2.75, 3.05) is 17.3 Å². The second-order valence-corrected chi connectivity index (χ2v) is 7.55. The molecule has 146 valence electrons. The summed E-state index contributed by atoms with van der Waals surface area (Å²) in [5.74, 6) is 0.818. The SMILES string of the molecule is Cc1ccc(N(C)c2ccc3nc(NC(=O)NCc4ccncc4)sc3n2)cc1. The van der Waals surface area contributed by atoms with E-state index in [4.69, 9.17) is 4.98 Å². The number of fused-ring (bicyclic) bond motifs is 1. The molecule has 0 saturated carbocycles. The van der Waals surface area contributed by atoms with Gasteiger partial charge in [0.2, 0.25) is 0 Å². The number of nitrogens with one attached hydrogen (secondary N) is 2. The Balaban J connectivity index is 1.45. The van der Waals surface area contributed by atoms with E-state index in [-0.39, 0.29) is 6.03 Å². The fourth-order valence-electron chi connectivity index (χ4n) is 2.77. The molecule has 1 aromatic carbocycles. The summed E-state index contributed by atoms with van der Waals surface area (Å²) in [6.07, 6.45) is 3.39. The van der Waals surface area contributed by atoms with Crippen LogP contribution in [0.15, 0.2) is 60.9 Å². The highest BCUT2D eigenvalue weighted by Crippen LogP contribution is 2.29. The molecule has 0 unspecified atom stereocenters. The number of hydrogen-bond acceptors (Lipinski definition) is 6. The summed E-state index contributed by atoms with van der Waals surface area (Å²) in [6, 6.07) is 15.5. The molecule has 0 aliphatic heterocycles. The number of benzene rings is 1. The molecule has 7 nitrogen and oxygen atoms in total. The fraction of sp³-hybridized carbons (Fsp3) is 0.143. The maximum atomic E-state index is 12.2. The van der Waals surface area contributed by atoms with Crippen LogP contribution in [0.4, 0.5) is 21.4 Å². The van der Waals surface area contributed by atoms with Gasteiger partial charge in [-0.15, -0.1) is 0 Å². The molecule has 0 atom stereocenters. The van der Waals surface area contributed by atoms with Crippen molar-refractivity contribution >= 4 is 44.4 Å². The van der Waals surface area contributed by atoms with Crippen LogP contribution in [-0.2, 0) is 6.54 Å². The van der Waals surface area contributed by atoms with Gasteiger partial charge in [0.15, 0.2) is 5.13 Å². The molecule has 3 heterocycles. The molecule has 29 heavy (non-hydrogen) atoms. The number of hydrogen-bond donors (Lipinski definition) is 2. The first-order valence-electron chi connectivity index (χ1n) is 9.10. The molecule has 8 heteroatoms. The number of thiazole rings is 1. The Morgan fingerprint density at radius 2 is 1.79 bits per heavy atom. The molecule has 0 aliphatic carbocycles. The first-order chi connectivity index (χ1) is 14.1. The quantitative estimate of drug-likeness (QED) is 0.512. The van der Waals surface area contributed by atoms with E-state index >= 15 is 0 Å². The number of nitrogens with zero attached hydrogens (tertiary/aromatic N) is 4. The molecule has 0 radical (unpaired) electrons. The fourth-order valence-corrected chi connectivity index (χ4v) is 3.60. The summed E-state index contributed by atoms with van der Waals surface area (Å²) >= 11 is 1.35. The van der Waals surface area contributed by atoms with Crippen LogP contribution >= 0.6 is 11.3 Å². The first-order valence-corrected chi connectivity index (χ1v) is 9.92. The second-order valence-electron chi connectivity index (χ2n) is 6.57. The van der Waals surface area contributed by atoms with Gasteiger partial charge in [0.05, 0.1) is 0 Å². The van der Waals surface area contributed by atoms with Crippen LogP contribution in [0.1, 0.15) is 11.1 Å². The maximum Gasteiger partial charge on any atom is 0.321 e. The first kappa shape index (κ1) is 18.8. The minimum absolute atomic E-state index is 0.308. The molecule has 2 amide bonds. The predicted octanol–water partition coefficient (Wildman–Crippen LogP) is 4.48. The zero-order valence-corrected chi connectivity index (χ0v) is 16.9. The molecule has 4 aromatic rings. The van der Waals surface area contributed by atoms with Crippen molar-refractivity contribution in [2.24, 2.45) is 0 Å². The van der Waals surface area contributed by atoms with Gasteiger partial charge in [0, 0.05) is 31.7 Å². The smallest absolute Gasteiger partial charge is 0.321 e. The molecule has 0 spiro atoms. The molecular weight excluding hydrogens is 384 g/mol. The lowest BCUT2D eigenvalue weighted by molar-refractivity contribution is 0.251. The zero-order chi connectivity index (χ0) is 20.2.